The van der Waals surface area contributed by atoms with Gasteiger partial charge in [0.05, 0.1) is 0 Å². The summed E-state index contributed by atoms with van der Waals surface area (Å²) in [5.74, 6) is 2.04. The molecule has 0 spiro atoms. The zero-order valence-corrected chi connectivity index (χ0v) is 17.7. The molecule has 1 nitrogen and oxygen atoms in total. The van der Waals surface area contributed by atoms with Crippen LogP contribution in [0.1, 0.15) is 76.2 Å². The van der Waals surface area contributed by atoms with Crippen molar-refractivity contribution in [3.8, 4) is 16.9 Å². The Balaban J connectivity index is 1.37. The van der Waals surface area contributed by atoms with Gasteiger partial charge in [-0.3, -0.25) is 0 Å². The fraction of sp³-hybridized carbons (Fsp3) is 0.429. The molecule has 0 radical (unpaired) electrons. The smallest absolute Gasteiger partial charge is 0.116 e. The first-order chi connectivity index (χ1) is 14.2. The maximum Gasteiger partial charge on any atom is 0.116 e. The number of unbranched alkanes of at least 4 members (excludes halogenated alkanes) is 3. The van der Waals surface area contributed by atoms with Crippen LogP contribution in [0.15, 0.2) is 60.7 Å². The summed E-state index contributed by atoms with van der Waals surface area (Å²) in [4.78, 5) is 0. The summed E-state index contributed by atoms with van der Waals surface area (Å²) in [6.07, 6.45) is 12.6. The van der Waals surface area contributed by atoms with Crippen LogP contribution >= 0.6 is 0 Å². The van der Waals surface area contributed by atoms with Gasteiger partial charge >= 0.3 is 0 Å². The molecule has 3 aromatic carbocycles. The lowest BCUT2D eigenvalue weighted by molar-refractivity contribution is 0.302. The van der Waals surface area contributed by atoms with Gasteiger partial charge in [0.15, 0.2) is 0 Å². The van der Waals surface area contributed by atoms with Crippen molar-refractivity contribution in [3.63, 3.8) is 0 Å². The van der Waals surface area contributed by atoms with E-state index >= 15 is 0 Å². The molecule has 0 bridgehead atoms. The highest BCUT2D eigenvalue weighted by Gasteiger charge is 2.22. The van der Waals surface area contributed by atoms with Crippen molar-refractivity contribution in [1.82, 2.24) is 0 Å². The molecular formula is C28H34O. The number of rotatable bonds is 7. The summed E-state index contributed by atoms with van der Waals surface area (Å²) < 4.78 is 0. The van der Waals surface area contributed by atoms with Gasteiger partial charge < -0.3 is 5.11 Å². The van der Waals surface area contributed by atoms with E-state index in [-0.39, 0.29) is 0 Å². The number of phenolic OH excluding ortho intramolecular Hbond substituents is 1. The van der Waals surface area contributed by atoms with Crippen LogP contribution in [0.5, 0.6) is 5.75 Å². The number of hydrogen-bond donors (Lipinski definition) is 1. The van der Waals surface area contributed by atoms with Crippen molar-refractivity contribution >= 4 is 10.8 Å². The lowest BCUT2D eigenvalue weighted by Crippen LogP contribution is -2.13. The van der Waals surface area contributed by atoms with Gasteiger partial charge in [-0.15, -0.1) is 0 Å². The van der Waals surface area contributed by atoms with E-state index in [0.29, 0.717) is 5.75 Å². The summed E-state index contributed by atoms with van der Waals surface area (Å²) in [7, 11) is 0. The third kappa shape index (κ3) is 5.01. The van der Waals surface area contributed by atoms with E-state index in [9.17, 15) is 5.11 Å². The maximum absolute atomic E-state index is 9.65. The third-order valence-corrected chi connectivity index (χ3v) is 6.85. The summed E-state index contributed by atoms with van der Waals surface area (Å²) in [6, 6.07) is 21.3. The molecule has 152 valence electrons. The van der Waals surface area contributed by atoms with E-state index < -0.39 is 0 Å². The molecule has 0 amide bonds. The second-order valence-electron chi connectivity index (χ2n) is 8.94. The molecule has 1 saturated carbocycles. The minimum Gasteiger partial charge on any atom is -0.508 e. The topological polar surface area (TPSA) is 20.2 Å². The van der Waals surface area contributed by atoms with Crippen molar-refractivity contribution in [3.05, 3.63) is 66.2 Å². The van der Waals surface area contributed by atoms with E-state index in [4.69, 9.17) is 0 Å². The number of benzene rings is 3. The van der Waals surface area contributed by atoms with Gasteiger partial charge in [0.25, 0.3) is 0 Å². The monoisotopic (exact) mass is 386 g/mol. The van der Waals surface area contributed by atoms with Crippen LogP contribution in [0.2, 0.25) is 0 Å². The van der Waals surface area contributed by atoms with Crippen LogP contribution in [0, 0.1) is 5.92 Å². The molecule has 1 N–H and O–H groups in total. The quantitative estimate of drug-likeness (QED) is 0.404. The second kappa shape index (κ2) is 9.48. The predicted molar refractivity (Wildman–Crippen MR) is 125 cm³/mol. The van der Waals surface area contributed by atoms with Crippen LogP contribution in [-0.4, -0.2) is 5.11 Å². The van der Waals surface area contributed by atoms with Crippen LogP contribution in [-0.2, 0) is 0 Å². The Morgan fingerprint density at radius 3 is 2.17 bits per heavy atom. The van der Waals surface area contributed by atoms with Crippen molar-refractivity contribution in [2.75, 3.05) is 0 Å². The summed E-state index contributed by atoms with van der Waals surface area (Å²) >= 11 is 0. The summed E-state index contributed by atoms with van der Waals surface area (Å²) in [6.45, 7) is 2.29. The van der Waals surface area contributed by atoms with Crippen LogP contribution in [0.25, 0.3) is 21.9 Å². The normalized spacial score (nSPS) is 19.5. The van der Waals surface area contributed by atoms with Crippen molar-refractivity contribution < 1.29 is 5.11 Å². The number of aromatic hydroxyl groups is 1. The largest absolute Gasteiger partial charge is 0.508 e. The highest BCUT2D eigenvalue weighted by atomic mass is 16.3. The molecule has 1 heteroatoms. The molecule has 3 aromatic rings. The lowest BCUT2D eigenvalue weighted by atomic mass is 9.77. The SMILES string of the molecule is CCCCCCC1CCC(c2ccc(-c3ccc4cc(O)ccc4c3)cc2)CC1. The van der Waals surface area contributed by atoms with Gasteiger partial charge in [0, 0.05) is 0 Å². The molecule has 0 atom stereocenters. The second-order valence-corrected chi connectivity index (χ2v) is 8.94. The van der Waals surface area contributed by atoms with Crippen molar-refractivity contribution in [1.29, 1.82) is 0 Å². The third-order valence-electron chi connectivity index (χ3n) is 6.85. The minimum absolute atomic E-state index is 0.324. The van der Waals surface area contributed by atoms with Gasteiger partial charge in [0.2, 0.25) is 0 Å². The average molecular weight is 387 g/mol. The number of fused-ring (bicyclic) bond motifs is 1. The molecular weight excluding hydrogens is 352 g/mol. The highest BCUT2D eigenvalue weighted by Crippen LogP contribution is 2.38. The molecule has 4 rings (SSSR count). The molecule has 0 aromatic heterocycles. The highest BCUT2D eigenvalue weighted by molar-refractivity contribution is 5.88. The van der Waals surface area contributed by atoms with Crippen LogP contribution in [0.3, 0.4) is 0 Å². The number of phenols is 1. The van der Waals surface area contributed by atoms with E-state index in [1.165, 1.54) is 79.9 Å². The fourth-order valence-electron chi connectivity index (χ4n) is 5.00. The summed E-state index contributed by atoms with van der Waals surface area (Å²) in [5.41, 5.74) is 4.03. The van der Waals surface area contributed by atoms with Gasteiger partial charge in [0.1, 0.15) is 5.75 Å². The van der Waals surface area contributed by atoms with Crippen LogP contribution < -0.4 is 0 Å². The Morgan fingerprint density at radius 2 is 1.41 bits per heavy atom. The fourth-order valence-corrected chi connectivity index (χ4v) is 5.00. The molecule has 0 saturated heterocycles. The van der Waals surface area contributed by atoms with Crippen molar-refractivity contribution in [2.24, 2.45) is 5.92 Å². The Bertz CT molecular complexity index is 917. The van der Waals surface area contributed by atoms with E-state index in [0.717, 1.165) is 17.2 Å². The predicted octanol–water partition coefficient (Wildman–Crippen LogP) is 8.46. The molecule has 29 heavy (non-hydrogen) atoms. The Kier molecular flexibility index (Phi) is 6.54. The molecule has 0 heterocycles. The molecule has 0 unspecified atom stereocenters. The van der Waals surface area contributed by atoms with E-state index in [1.807, 2.05) is 12.1 Å². The van der Waals surface area contributed by atoms with Gasteiger partial charge in [-0.1, -0.05) is 81.5 Å². The first-order valence-electron chi connectivity index (χ1n) is 11.6. The molecule has 0 aliphatic heterocycles. The zero-order valence-electron chi connectivity index (χ0n) is 17.7. The first kappa shape index (κ1) is 20.0. The number of hydrogen-bond acceptors (Lipinski definition) is 1. The van der Waals surface area contributed by atoms with Crippen molar-refractivity contribution in [2.45, 2.75) is 70.6 Å². The van der Waals surface area contributed by atoms with E-state index in [2.05, 4.69) is 49.4 Å². The average Bonchev–Trinajstić information content (AvgIpc) is 2.77. The van der Waals surface area contributed by atoms with E-state index in [1.54, 1.807) is 6.07 Å². The maximum atomic E-state index is 9.65. The molecule has 1 aliphatic rings. The zero-order chi connectivity index (χ0) is 20.1. The Morgan fingerprint density at radius 1 is 0.724 bits per heavy atom. The lowest BCUT2D eigenvalue weighted by Gasteiger charge is -2.29. The minimum atomic E-state index is 0.324. The molecule has 1 aliphatic carbocycles. The van der Waals surface area contributed by atoms with Gasteiger partial charge in [-0.05, 0) is 83.2 Å². The Labute approximate surface area is 175 Å². The molecule has 1 fully saturated rings. The first-order valence-corrected chi connectivity index (χ1v) is 11.6. The van der Waals surface area contributed by atoms with Gasteiger partial charge in [-0.25, -0.2) is 0 Å². The Hall–Kier alpha value is -2.28. The summed E-state index contributed by atoms with van der Waals surface area (Å²) in [5, 5.41) is 11.9. The standard InChI is InChI=1S/C28H34O/c1-2-3-4-5-6-21-7-9-22(10-8-21)23-11-13-24(14-12-23)25-15-16-27-20-28(29)18-17-26(27)19-25/h11-22,29H,2-10H2,1H3. The van der Waals surface area contributed by atoms with Crippen LogP contribution in [0.4, 0.5) is 0 Å². The van der Waals surface area contributed by atoms with Gasteiger partial charge in [-0.2, -0.15) is 0 Å².